The van der Waals surface area contributed by atoms with E-state index in [0.717, 1.165) is 83.1 Å². The molecule has 0 bridgehead atoms. The van der Waals surface area contributed by atoms with Gasteiger partial charge in [0.05, 0.1) is 50.6 Å². The van der Waals surface area contributed by atoms with Gasteiger partial charge in [-0.2, -0.15) is 5.26 Å². The highest BCUT2D eigenvalue weighted by Gasteiger charge is 2.25. The molecule has 0 aliphatic carbocycles. The molecule has 0 radical (unpaired) electrons. The van der Waals surface area contributed by atoms with Gasteiger partial charge >= 0.3 is 0 Å². The lowest BCUT2D eigenvalue weighted by molar-refractivity contribution is 0.928. The molecule has 0 unspecified atom stereocenters. The van der Waals surface area contributed by atoms with Crippen LogP contribution in [0.4, 0.5) is 0 Å². The maximum atomic E-state index is 10.8. The number of hydrogen-bond acceptors (Lipinski definition) is 9. The van der Waals surface area contributed by atoms with E-state index in [-0.39, 0.29) is 0 Å². The lowest BCUT2D eigenvalue weighted by Crippen LogP contribution is -2.08. The van der Waals surface area contributed by atoms with Crippen LogP contribution in [0.3, 0.4) is 0 Å². The van der Waals surface area contributed by atoms with Crippen LogP contribution in [-0.4, -0.2) is 49.0 Å². The van der Waals surface area contributed by atoms with E-state index >= 15 is 0 Å². The number of nitriles is 1. The Labute approximate surface area is 333 Å². The van der Waals surface area contributed by atoms with Crippen LogP contribution in [0.5, 0.6) is 0 Å². The van der Waals surface area contributed by atoms with Crippen molar-refractivity contribution in [3.8, 4) is 51.6 Å². The smallest absolute Gasteiger partial charge is 0.163 e. The van der Waals surface area contributed by atoms with Crippen molar-refractivity contribution < 1.29 is 0 Å². The number of aromatic nitrogens is 10. The molecular weight excluding hydrogens is 719 g/mol. The summed E-state index contributed by atoms with van der Waals surface area (Å²) in [6, 6.07) is 37.7. The van der Waals surface area contributed by atoms with E-state index in [2.05, 4.69) is 98.0 Å². The number of para-hydroxylation sites is 2. The van der Waals surface area contributed by atoms with Crippen molar-refractivity contribution in [1.82, 2.24) is 49.0 Å². The van der Waals surface area contributed by atoms with E-state index in [0.29, 0.717) is 46.3 Å². The molecule has 5 heterocycles. The second-order valence-electron chi connectivity index (χ2n) is 14.7. The molecule has 5 aromatic carbocycles. The number of aryl methyl sites for hydroxylation is 6. The van der Waals surface area contributed by atoms with Crippen LogP contribution >= 0.6 is 0 Å². The van der Waals surface area contributed by atoms with E-state index in [1.165, 1.54) is 0 Å². The summed E-state index contributed by atoms with van der Waals surface area (Å²) in [5.74, 6) is 4.34. The van der Waals surface area contributed by atoms with Gasteiger partial charge < -0.3 is 9.13 Å². The molecule has 0 saturated heterocycles. The molecule has 10 aromatic rings. The minimum absolute atomic E-state index is 0.481. The Bertz CT molecular complexity index is 3140. The van der Waals surface area contributed by atoms with Crippen molar-refractivity contribution in [2.24, 2.45) is 0 Å². The maximum Gasteiger partial charge on any atom is 0.163 e. The van der Waals surface area contributed by atoms with Gasteiger partial charge in [-0.05, 0) is 84.0 Å². The number of hydrogen-bond donors (Lipinski definition) is 0. The van der Waals surface area contributed by atoms with E-state index in [1.54, 1.807) is 0 Å². The molecule has 0 aliphatic heterocycles. The number of benzene rings is 5. The molecular formula is C47H35N11. The zero-order valence-corrected chi connectivity index (χ0v) is 32.7. The minimum atomic E-state index is 0.481. The van der Waals surface area contributed by atoms with Crippen LogP contribution in [-0.2, 0) is 0 Å². The third-order valence-corrected chi connectivity index (χ3v) is 10.5. The first-order valence-electron chi connectivity index (χ1n) is 19.0. The van der Waals surface area contributed by atoms with E-state index < -0.39 is 0 Å². The normalized spacial score (nSPS) is 11.6. The van der Waals surface area contributed by atoms with Gasteiger partial charge in [0.2, 0.25) is 0 Å². The predicted molar refractivity (Wildman–Crippen MR) is 227 cm³/mol. The molecule has 5 aromatic heterocycles. The van der Waals surface area contributed by atoms with Crippen molar-refractivity contribution in [3.63, 3.8) is 0 Å². The second-order valence-corrected chi connectivity index (χ2v) is 14.7. The first-order chi connectivity index (χ1) is 28.1. The Hall–Kier alpha value is -7.71. The summed E-state index contributed by atoms with van der Waals surface area (Å²) in [6.45, 7) is 11.5. The summed E-state index contributed by atoms with van der Waals surface area (Å²) in [7, 11) is 0. The van der Waals surface area contributed by atoms with E-state index in [9.17, 15) is 5.26 Å². The summed E-state index contributed by atoms with van der Waals surface area (Å²) in [4.78, 5) is 37.9. The third-order valence-electron chi connectivity index (χ3n) is 10.5. The topological polar surface area (TPSA) is 137 Å². The Morgan fingerprint density at radius 1 is 0.414 bits per heavy atom. The van der Waals surface area contributed by atoms with Crippen LogP contribution in [0.25, 0.3) is 89.2 Å². The van der Waals surface area contributed by atoms with Gasteiger partial charge in [-0.3, -0.25) is 0 Å². The largest absolute Gasteiger partial charge is 0.308 e. The Balaban J connectivity index is 1.37. The molecule has 11 heteroatoms. The SMILES string of the molecule is Cc1cc(C)nc(-c2c(-n3c4ccccc4c4ccc(-c5nc(C)nc(C)n5)cc43)cc(C#N)cc2-n2c3ccccc3c3ccc(-c4nc(C)nc(C)n4)cc32)n1. The average Bonchev–Trinajstić information content (AvgIpc) is 3.71. The van der Waals surface area contributed by atoms with Crippen LogP contribution in [0.1, 0.15) is 40.2 Å². The van der Waals surface area contributed by atoms with Crippen molar-refractivity contribution in [3.05, 3.63) is 143 Å². The van der Waals surface area contributed by atoms with Crippen molar-refractivity contribution in [2.45, 2.75) is 41.5 Å². The molecule has 0 saturated carbocycles. The molecule has 0 fully saturated rings. The highest BCUT2D eigenvalue weighted by Crippen LogP contribution is 2.43. The number of fused-ring (bicyclic) bond motifs is 6. The first-order valence-corrected chi connectivity index (χ1v) is 19.0. The predicted octanol–water partition coefficient (Wildman–Crippen LogP) is 9.76. The molecule has 58 heavy (non-hydrogen) atoms. The molecule has 0 aliphatic rings. The summed E-state index contributed by atoms with van der Waals surface area (Å²) < 4.78 is 4.46. The summed E-state index contributed by atoms with van der Waals surface area (Å²) in [5.41, 5.74) is 9.92. The first kappa shape index (κ1) is 34.8. The second kappa shape index (κ2) is 13.2. The minimum Gasteiger partial charge on any atom is -0.308 e. The summed E-state index contributed by atoms with van der Waals surface area (Å²) >= 11 is 0. The highest BCUT2D eigenvalue weighted by atomic mass is 15.1. The number of nitrogens with zero attached hydrogens (tertiary/aromatic N) is 11. The van der Waals surface area contributed by atoms with E-state index in [1.807, 2.05) is 71.9 Å². The summed E-state index contributed by atoms with van der Waals surface area (Å²) in [5, 5.41) is 15.0. The van der Waals surface area contributed by atoms with Crippen LogP contribution in [0.15, 0.2) is 103 Å². The van der Waals surface area contributed by atoms with E-state index in [4.69, 9.17) is 29.9 Å². The lowest BCUT2D eigenvalue weighted by Gasteiger charge is -2.20. The van der Waals surface area contributed by atoms with Crippen LogP contribution < -0.4 is 0 Å². The standard InChI is InChI=1S/C47H35N11/c1-25-19-26(2)50-47(49-25)44-42(57-38-13-9-7-11-34(38)36-17-15-32(22-40(36)57)45-53-27(3)51-28(4)54-45)20-31(24-48)21-43(44)58-39-14-10-8-12-35(39)37-18-16-33(23-41(37)58)46-55-29(5)52-30(6)56-46/h7-23H,1-6H3. The van der Waals surface area contributed by atoms with Gasteiger partial charge in [0, 0.05) is 44.1 Å². The lowest BCUT2D eigenvalue weighted by atomic mass is 10.0. The molecule has 0 atom stereocenters. The fraction of sp³-hybridized carbons (Fsp3) is 0.128. The Kier molecular flexibility index (Phi) is 7.91. The average molecular weight is 754 g/mol. The quantitative estimate of drug-likeness (QED) is 0.168. The van der Waals surface area contributed by atoms with Gasteiger partial charge in [-0.1, -0.05) is 60.7 Å². The van der Waals surface area contributed by atoms with Crippen molar-refractivity contribution in [1.29, 1.82) is 5.26 Å². The Morgan fingerprint density at radius 3 is 1.26 bits per heavy atom. The van der Waals surface area contributed by atoms with Gasteiger partial charge in [0.15, 0.2) is 17.5 Å². The fourth-order valence-corrected chi connectivity index (χ4v) is 8.32. The van der Waals surface area contributed by atoms with Crippen LogP contribution in [0.2, 0.25) is 0 Å². The molecule has 0 spiro atoms. The zero-order chi connectivity index (χ0) is 39.8. The third kappa shape index (κ3) is 5.65. The zero-order valence-electron chi connectivity index (χ0n) is 32.7. The summed E-state index contributed by atoms with van der Waals surface area (Å²) in [6.07, 6.45) is 0. The highest BCUT2D eigenvalue weighted by molar-refractivity contribution is 6.12. The molecule has 0 amide bonds. The van der Waals surface area contributed by atoms with Gasteiger partial charge in [0.25, 0.3) is 0 Å². The molecule has 0 N–H and O–H groups in total. The van der Waals surface area contributed by atoms with Crippen molar-refractivity contribution in [2.75, 3.05) is 0 Å². The maximum absolute atomic E-state index is 10.8. The van der Waals surface area contributed by atoms with Gasteiger partial charge in [0.1, 0.15) is 23.3 Å². The fourth-order valence-electron chi connectivity index (χ4n) is 8.32. The Morgan fingerprint density at radius 2 is 0.828 bits per heavy atom. The molecule has 278 valence electrons. The molecule has 11 nitrogen and oxygen atoms in total. The van der Waals surface area contributed by atoms with Crippen LogP contribution in [0, 0.1) is 52.9 Å². The molecule has 10 rings (SSSR count). The monoisotopic (exact) mass is 753 g/mol. The number of rotatable bonds is 5. The van der Waals surface area contributed by atoms with Gasteiger partial charge in [-0.25, -0.2) is 39.9 Å². The van der Waals surface area contributed by atoms with Gasteiger partial charge in [-0.15, -0.1) is 0 Å². The van der Waals surface area contributed by atoms with Crippen molar-refractivity contribution >= 4 is 43.6 Å².